The van der Waals surface area contributed by atoms with Gasteiger partial charge in [-0.15, -0.1) is 0 Å². The number of amides is 2. The van der Waals surface area contributed by atoms with Crippen molar-refractivity contribution in [1.82, 2.24) is 4.90 Å². The van der Waals surface area contributed by atoms with E-state index in [1.807, 2.05) is 41.3 Å². The molecule has 0 spiro atoms. The molecule has 1 aliphatic rings. The third-order valence-electron chi connectivity index (χ3n) is 4.95. The summed E-state index contributed by atoms with van der Waals surface area (Å²) in [6.45, 7) is 5.07. The number of methoxy groups -OCH3 is 1. The van der Waals surface area contributed by atoms with Crippen LogP contribution in [-0.4, -0.2) is 50.9 Å². The van der Waals surface area contributed by atoms with Gasteiger partial charge in [0.05, 0.1) is 19.8 Å². The Labute approximate surface area is 167 Å². The first kappa shape index (κ1) is 20.2. The first-order chi connectivity index (χ1) is 13.6. The molecule has 150 valence electrons. The predicted octanol–water partition coefficient (Wildman–Crippen LogP) is 3.72. The molecule has 28 heavy (non-hydrogen) atoms. The van der Waals surface area contributed by atoms with E-state index in [0.717, 1.165) is 23.4 Å². The second kappa shape index (κ2) is 9.57. The Morgan fingerprint density at radius 2 is 2.00 bits per heavy atom. The summed E-state index contributed by atoms with van der Waals surface area (Å²) in [5.74, 6) is 0. The van der Waals surface area contributed by atoms with Crippen LogP contribution in [0.3, 0.4) is 0 Å². The van der Waals surface area contributed by atoms with Gasteiger partial charge in [0.2, 0.25) is 0 Å². The number of hydrogen-bond donors (Lipinski definition) is 1. The lowest BCUT2D eigenvalue weighted by molar-refractivity contribution is 0.0617. The van der Waals surface area contributed by atoms with Gasteiger partial charge in [-0.1, -0.05) is 30.3 Å². The van der Waals surface area contributed by atoms with Crippen LogP contribution in [0.4, 0.5) is 16.2 Å². The summed E-state index contributed by atoms with van der Waals surface area (Å²) in [5, 5.41) is 3.05. The zero-order chi connectivity index (χ0) is 19.9. The van der Waals surface area contributed by atoms with Gasteiger partial charge < -0.3 is 24.6 Å². The van der Waals surface area contributed by atoms with E-state index in [0.29, 0.717) is 26.4 Å². The molecule has 1 heterocycles. The number of carbonyl (C=O) groups is 1. The second-order valence-corrected chi connectivity index (χ2v) is 7.16. The normalized spacial score (nSPS) is 16.5. The lowest BCUT2D eigenvalue weighted by Gasteiger charge is -2.28. The Bertz CT molecular complexity index is 796. The predicted molar refractivity (Wildman–Crippen MR) is 112 cm³/mol. The van der Waals surface area contributed by atoms with Gasteiger partial charge in [0.15, 0.2) is 0 Å². The number of nitrogens with one attached hydrogen (secondary N) is 1. The van der Waals surface area contributed by atoms with Crippen molar-refractivity contribution in [3.8, 4) is 0 Å². The fourth-order valence-electron chi connectivity index (χ4n) is 3.49. The quantitative estimate of drug-likeness (QED) is 0.773. The molecular formula is C22H29N3O3. The minimum absolute atomic E-state index is 0.0879. The van der Waals surface area contributed by atoms with Gasteiger partial charge in [0.25, 0.3) is 0 Å². The van der Waals surface area contributed by atoms with E-state index in [2.05, 4.69) is 36.3 Å². The number of ether oxygens (including phenoxy) is 2. The summed E-state index contributed by atoms with van der Waals surface area (Å²) in [4.78, 5) is 17.1. The third kappa shape index (κ3) is 5.03. The van der Waals surface area contributed by atoms with Gasteiger partial charge in [0.1, 0.15) is 0 Å². The average molecular weight is 383 g/mol. The lowest BCUT2D eigenvalue weighted by atomic mass is 10.1. The zero-order valence-corrected chi connectivity index (χ0v) is 16.9. The molecule has 6 nitrogen and oxygen atoms in total. The van der Waals surface area contributed by atoms with Crippen LogP contribution in [0.5, 0.6) is 0 Å². The molecule has 1 N–H and O–H groups in total. The number of para-hydroxylation sites is 1. The second-order valence-electron chi connectivity index (χ2n) is 7.16. The number of likely N-dealkylation sites (N-methyl/N-ethyl adjacent to an activating group) is 1. The molecule has 0 saturated carbocycles. The van der Waals surface area contributed by atoms with E-state index in [1.54, 1.807) is 7.11 Å². The Hall–Kier alpha value is -2.57. The van der Waals surface area contributed by atoms with Crippen molar-refractivity contribution in [1.29, 1.82) is 0 Å². The molecule has 0 bridgehead atoms. The highest BCUT2D eigenvalue weighted by molar-refractivity contribution is 5.90. The fraction of sp³-hybridized carbons (Fsp3) is 0.409. The standard InChI is InChI=1S/C22H29N3O3/c1-17-14-24(2)21-10-5-4-8-19(21)15-25(17)22(26)23-20-9-6-7-18(13-20)16-28-12-11-27-3/h4-10,13,17H,11-12,14-16H2,1-3H3,(H,23,26)/t17-/m0/s1. The maximum atomic E-state index is 13.0. The van der Waals surface area contributed by atoms with Crippen LogP contribution in [0.25, 0.3) is 0 Å². The van der Waals surface area contributed by atoms with Crippen molar-refractivity contribution in [3.63, 3.8) is 0 Å². The molecule has 2 aromatic rings. The molecule has 6 heteroatoms. The van der Waals surface area contributed by atoms with Gasteiger partial charge >= 0.3 is 6.03 Å². The lowest BCUT2D eigenvalue weighted by Crippen LogP contribution is -2.44. The summed E-state index contributed by atoms with van der Waals surface area (Å²) in [6.07, 6.45) is 0. The Morgan fingerprint density at radius 1 is 1.18 bits per heavy atom. The van der Waals surface area contributed by atoms with Gasteiger partial charge in [-0.25, -0.2) is 4.79 Å². The van der Waals surface area contributed by atoms with Crippen LogP contribution in [0.2, 0.25) is 0 Å². The van der Waals surface area contributed by atoms with Crippen LogP contribution >= 0.6 is 0 Å². The summed E-state index contributed by atoms with van der Waals surface area (Å²) < 4.78 is 10.6. The molecule has 2 amide bonds. The van der Waals surface area contributed by atoms with Crippen LogP contribution < -0.4 is 10.2 Å². The van der Waals surface area contributed by atoms with Gasteiger partial charge in [-0.05, 0) is 36.2 Å². The number of benzene rings is 2. The number of anilines is 2. The number of rotatable bonds is 6. The van der Waals surface area contributed by atoms with Crippen molar-refractivity contribution in [2.45, 2.75) is 26.1 Å². The van der Waals surface area contributed by atoms with E-state index < -0.39 is 0 Å². The maximum Gasteiger partial charge on any atom is 0.322 e. The molecule has 0 unspecified atom stereocenters. The summed E-state index contributed by atoms with van der Waals surface area (Å²) in [7, 11) is 3.73. The fourth-order valence-corrected chi connectivity index (χ4v) is 3.49. The smallest absolute Gasteiger partial charge is 0.322 e. The molecule has 1 atom stereocenters. The number of urea groups is 1. The monoisotopic (exact) mass is 383 g/mol. The summed E-state index contributed by atoms with van der Waals surface area (Å²) in [6, 6.07) is 16.0. The maximum absolute atomic E-state index is 13.0. The molecule has 3 rings (SSSR count). The third-order valence-corrected chi connectivity index (χ3v) is 4.95. The summed E-state index contributed by atoms with van der Waals surface area (Å²) in [5.41, 5.74) is 4.13. The SMILES string of the molecule is COCCOCc1cccc(NC(=O)N2Cc3ccccc3N(C)C[C@@H]2C)c1. The van der Waals surface area contributed by atoms with Crippen LogP contribution in [0, 0.1) is 0 Å². The minimum atomic E-state index is -0.0879. The first-order valence-electron chi connectivity index (χ1n) is 9.60. The number of nitrogens with zero attached hydrogens (tertiary/aromatic N) is 2. The Kier molecular flexibility index (Phi) is 6.90. The van der Waals surface area contributed by atoms with E-state index in [9.17, 15) is 4.79 Å². The number of carbonyl (C=O) groups excluding carboxylic acids is 1. The van der Waals surface area contributed by atoms with Gasteiger partial charge in [-0.3, -0.25) is 0 Å². The highest BCUT2D eigenvalue weighted by Crippen LogP contribution is 2.26. The minimum Gasteiger partial charge on any atom is -0.382 e. The Balaban J connectivity index is 1.67. The molecule has 0 aromatic heterocycles. The largest absolute Gasteiger partial charge is 0.382 e. The number of hydrogen-bond acceptors (Lipinski definition) is 4. The van der Waals surface area contributed by atoms with Crippen molar-refractivity contribution >= 4 is 17.4 Å². The van der Waals surface area contributed by atoms with Crippen molar-refractivity contribution in [2.75, 3.05) is 44.1 Å². The van der Waals surface area contributed by atoms with E-state index in [4.69, 9.17) is 9.47 Å². The molecule has 0 fully saturated rings. The van der Waals surface area contributed by atoms with E-state index in [1.165, 1.54) is 5.69 Å². The Morgan fingerprint density at radius 3 is 2.82 bits per heavy atom. The van der Waals surface area contributed by atoms with Gasteiger partial charge in [-0.2, -0.15) is 0 Å². The molecule has 0 saturated heterocycles. The van der Waals surface area contributed by atoms with Crippen LogP contribution in [0.1, 0.15) is 18.1 Å². The van der Waals surface area contributed by atoms with Crippen molar-refractivity contribution in [2.24, 2.45) is 0 Å². The molecule has 1 aliphatic heterocycles. The zero-order valence-electron chi connectivity index (χ0n) is 16.9. The number of fused-ring (bicyclic) bond motifs is 1. The molecule has 0 radical (unpaired) electrons. The highest BCUT2D eigenvalue weighted by Gasteiger charge is 2.26. The first-order valence-corrected chi connectivity index (χ1v) is 9.60. The highest BCUT2D eigenvalue weighted by atomic mass is 16.5. The van der Waals surface area contributed by atoms with E-state index in [-0.39, 0.29) is 12.1 Å². The van der Waals surface area contributed by atoms with Crippen LogP contribution in [0.15, 0.2) is 48.5 Å². The molecular weight excluding hydrogens is 354 g/mol. The van der Waals surface area contributed by atoms with Crippen LogP contribution in [-0.2, 0) is 22.6 Å². The summed E-state index contributed by atoms with van der Waals surface area (Å²) >= 11 is 0. The molecule has 0 aliphatic carbocycles. The molecule has 2 aromatic carbocycles. The van der Waals surface area contributed by atoms with Gasteiger partial charge in [0, 0.05) is 44.7 Å². The average Bonchev–Trinajstić information content (AvgIpc) is 2.82. The topological polar surface area (TPSA) is 54.0 Å². The van der Waals surface area contributed by atoms with Crippen molar-refractivity contribution < 1.29 is 14.3 Å². The van der Waals surface area contributed by atoms with Crippen molar-refractivity contribution in [3.05, 3.63) is 59.7 Å². The van der Waals surface area contributed by atoms with E-state index >= 15 is 0 Å².